The van der Waals surface area contributed by atoms with Gasteiger partial charge in [-0.25, -0.2) is 0 Å². The quantitative estimate of drug-likeness (QED) is 0.808. The highest BCUT2D eigenvalue weighted by Gasteiger charge is 2.24. The first-order valence-electron chi connectivity index (χ1n) is 5.04. The van der Waals surface area contributed by atoms with E-state index in [0.717, 1.165) is 19.6 Å². The van der Waals surface area contributed by atoms with Crippen molar-refractivity contribution in [1.82, 2.24) is 15.2 Å². The molecule has 0 saturated carbocycles. The van der Waals surface area contributed by atoms with Crippen molar-refractivity contribution >= 4 is 29.9 Å². The molecule has 0 spiro atoms. The Bertz CT molecular complexity index is 367. The lowest BCUT2D eigenvalue weighted by Crippen LogP contribution is -2.52. The van der Waals surface area contributed by atoms with E-state index in [1.807, 2.05) is 11.8 Å². The Morgan fingerprint density at radius 1 is 1.62 bits per heavy atom. The van der Waals surface area contributed by atoms with E-state index in [1.54, 1.807) is 12.3 Å². The first-order chi connectivity index (χ1) is 7.18. The highest BCUT2D eigenvalue weighted by atomic mass is 35.5. The van der Waals surface area contributed by atoms with Gasteiger partial charge in [0.25, 0.3) is 5.91 Å². The lowest BCUT2D eigenvalue weighted by molar-refractivity contribution is 0.0650. The predicted molar refractivity (Wildman–Crippen MR) is 66.4 cm³/mol. The molecule has 1 aliphatic heterocycles. The molecule has 1 fully saturated rings. The molecule has 2 N–H and O–H groups in total. The number of carbonyl (C=O) groups excluding carboxylic acids is 1. The average Bonchev–Trinajstić information content (AvgIpc) is 2.65. The Hall–Kier alpha value is -0.710. The van der Waals surface area contributed by atoms with Crippen molar-refractivity contribution in [3.63, 3.8) is 0 Å². The van der Waals surface area contributed by atoms with Crippen LogP contribution in [0.3, 0.4) is 0 Å². The van der Waals surface area contributed by atoms with E-state index >= 15 is 0 Å². The summed E-state index contributed by atoms with van der Waals surface area (Å²) < 4.78 is 0. The Kier molecular flexibility index (Phi) is 4.65. The second kappa shape index (κ2) is 5.57. The van der Waals surface area contributed by atoms with Gasteiger partial charge in [0, 0.05) is 31.9 Å². The van der Waals surface area contributed by atoms with E-state index in [2.05, 4.69) is 10.3 Å². The molecule has 0 aliphatic carbocycles. The highest BCUT2D eigenvalue weighted by molar-refractivity contribution is 6.30. The summed E-state index contributed by atoms with van der Waals surface area (Å²) in [5.41, 5.74) is 0.564. The van der Waals surface area contributed by atoms with Gasteiger partial charge in [0.2, 0.25) is 0 Å². The summed E-state index contributed by atoms with van der Waals surface area (Å²) in [6.07, 6.45) is 1.63. The minimum atomic E-state index is 0. The smallest absolute Gasteiger partial charge is 0.270 e. The molecule has 2 rings (SSSR count). The minimum absolute atomic E-state index is 0. The fraction of sp³-hybridized carbons (Fsp3) is 0.500. The van der Waals surface area contributed by atoms with Crippen LogP contribution in [-0.4, -0.2) is 41.5 Å². The zero-order chi connectivity index (χ0) is 10.8. The zero-order valence-corrected chi connectivity index (χ0v) is 10.6. The van der Waals surface area contributed by atoms with Gasteiger partial charge in [0.05, 0.1) is 5.02 Å². The Labute approximate surface area is 106 Å². The SMILES string of the molecule is CC1CNCCN1C(=O)c1cc(Cl)c[nH]1.Cl. The van der Waals surface area contributed by atoms with E-state index < -0.39 is 0 Å². The summed E-state index contributed by atoms with van der Waals surface area (Å²) in [5, 5.41) is 3.82. The normalized spacial score (nSPS) is 20.4. The molecule has 1 aromatic heterocycles. The van der Waals surface area contributed by atoms with Crippen LogP contribution in [0, 0.1) is 0 Å². The Morgan fingerprint density at radius 3 is 2.94 bits per heavy atom. The average molecular weight is 264 g/mol. The maximum Gasteiger partial charge on any atom is 0.270 e. The van der Waals surface area contributed by atoms with E-state index in [0.29, 0.717) is 10.7 Å². The molecule has 1 unspecified atom stereocenters. The van der Waals surface area contributed by atoms with Crippen LogP contribution in [0.4, 0.5) is 0 Å². The maximum absolute atomic E-state index is 12.0. The first kappa shape index (κ1) is 13.4. The van der Waals surface area contributed by atoms with Crippen LogP contribution in [0.2, 0.25) is 5.02 Å². The summed E-state index contributed by atoms with van der Waals surface area (Å²) in [5.74, 6) is 0.0240. The number of piperazine rings is 1. The number of halogens is 2. The number of aromatic amines is 1. The van der Waals surface area contributed by atoms with Gasteiger partial charge >= 0.3 is 0 Å². The van der Waals surface area contributed by atoms with E-state index in [1.165, 1.54) is 0 Å². The molecule has 1 saturated heterocycles. The number of carbonyl (C=O) groups is 1. The van der Waals surface area contributed by atoms with Gasteiger partial charge in [-0.05, 0) is 13.0 Å². The second-order valence-electron chi connectivity index (χ2n) is 3.78. The summed E-state index contributed by atoms with van der Waals surface area (Å²) in [4.78, 5) is 16.8. The summed E-state index contributed by atoms with van der Waals surface area (Å²) in [7, 11) is 0. The number of amides is 1. The van der Waals surface area contributed by atoms with Crippen molar-refractivity contribution in [2.75, 3.05) is 19.6 Å². The standard InChI is InChI=1S/C10H14ClN3O.ClH/c1-7-5-12-2-3-14(7)10(15)9-4-8(11)6-13-9;/h4,6-7,12-13H,2-3,5H2,1H3;1H. The van der Waals surface area contributed by atoms with Crippen molar-refractivity contribution in [1.29, 1.82) is 0 Å². The molecule has 1 aliphatic rings. The van der Waals surface area contributed by atoms with Gasteiger partial charge in [0.1, 0.15) is 5.69 Å². The van der Waals surface area contributed by atoms with E-state index in [4.69, 9.17) is 11.6 Å². The molecular weight excluding hydrogens is 249 g/mol. The number of hydrogen-bond acceptors (Lipinski definition) is 2. The highest BCUT2D eigenvalue weighted by Crippen LogP contribution is 2.13. The molecule has 0 aromatic carbocycles. The van der Waals surface area contributed by atoms with Gasteiger partial charge in [-0.15, -0.1) is 12.4 Å². The third-order valence-electron chi connectivity index (χ3n) is 2.64. The van der Waals surface area contributed by atoms with Crippen molar-refractivity contribution in [3.05, 3.63) is 23.0 Å². The van der Waals surface area contributed by atoms with Crippen molar-refractivity contribution < 1.29 is 4.79 Å². The Balaban J connectivity index is 0.00000128. The third-order valence-corrected chi connectivity index (χ3v) is 2.86. The molecule has 1 amide bonds. The molecule has 0 bridgehead atoms. The molecule has 90 valence electrons. The topological polar surface area (TPSA) is 48.1 Å². The van der Waals surface area contributed by atoms with Crippen molar-refractivity contribution in [2.24, 2.45) is 0 Å². The number of nitrogens with one attached hydrogen (secondary N) is 2. The summed E-state index contributed by atoms with van der Waals surface area (Å²) in [6, 6.07) is 1.90. The minimum Gasteiger partial charge on any atom is -0.356 e. The van der Waals surface area contributed by atoms with E-state index in [9.17, 15) is 4.79 Å². The maximum atomic E-state index is 12.0. The van der Waals surface area contributed by atoms with Gasteiger partial charge in [-0.3, -0.25) is 4.79 Å². The summed E-state index contributed by atoms with van der Waals surface area (Å²) in [6.45, 7) is 4.48. The molecule has 1 aromatic rings. The lowest BCUT2D eigenvalue weighted by atomic mass is 10.2. The van der Waals surface area contributed by atoms with Crippen LogP contribution in [0.5, 0.6) is 0 Å². The predicted octanol–water partition coefficient (Wildman–Crippen LogP) is 1.52. The number of nitrogens with zero attached hydrogens (tertiary/aromatic N) is 1. The summed E-state index contributed by atoms with van der Waals surface area (Å²) >= 11 is 5.77. The van der Waals surface area contributed by atoms with Crippen LogP contribution < -0.4 is 5.32 Å². The monoisotopic (exact) mass is 263 g/mol. The number of H-pyrrole nitrogens is 1. The number of hydrogen-bond donors (Lipinski definition) is 2. The second-order valence-corrected chi connectivity index (χ2v) is 4.22. The fourth-order valence-corrected chi connectivity index (χ4v) is 1.95. The van der Waals surface area contributed by atoms with Gasteiger partial charge in [-0.2, -0.15) is 0 Å². The molecule has 2 heterocycles. The zero-order valence-electron chi connectivity index (χ0n) is 9.00. The lowest BCUT2D eigenvalue weighted by Gasteiger charge is -2.33. The van der Waals surface area contributed by atoms with Gasteiger partial charge in [-0.1, -0.05) is 11.6 Å². The Morgan fingerprint density at radius 2 is 2.38 bits per heavy atom. The molecule has 0 radical (unpaired) electrons. The van der Waals surface area contributed by atoms with Crippen LogP contribution in [0.1, 0.15) is 17.4 Å². The molecule has 6 heteroatoms. The third kappa shape index (κ3) is 2.70. The molecule has 1 atom stereocenters. The van der Waals surface area contributed by atoms with Crippen LogP contribution in [-0.2, 0) is 0 Å². The van der Waals surface area contributed by atoms with Crippen LogP contribution in [0.15, 0.2) is 12.3 Å². The molecule has 4 nitrogen and oxygen atoms in total. The van der Waals surface area contributed by atoms with E-state index in [-0.39, 0.29) is 24.4 Å². The molecule has 16 heavy (non-hydrogen) atoms. The number of rotatable bonds is 1. The first-order valence-corrected chi connectivity index (χ1v) is 5.42. The fourth-order valence-electron chi connectivity index (χ4n) is 1.79. The van der Waals surface area contributed by atoms with Crippen molar-refractivity contribution in [2.45, 2.75) is 13.0 Å². The van der Waals surface area contributed by atoms with Crippen LogP contribution >= 0.6 is 24.0 Å². The van der Waals surface area contributed by atoms with Gasteiger partial charge < -0.3 is 15.2 Å². The van der Waals surface area contributed by atoms with Crippen molar-refractivity contribution in [3.8, 4) is 0 Å². The van der Waals surface area contributed by atoms with Crippen LogP contribution in [0.25, 0.3) is 0 Å². The number of aromatic nitrogens is 1. The van der Waals surface area contributed by atoms with Gasteiger partial charge in [0.15, 0.2) is 0 Å². The molecular formula is C10H15Cl2N3O. The largest absolute Gasteiger partial charge is 0.356 e.